The third-order valence-electron chi connectivity index (χ3n) is 8.19. The molecule has 0 bridgehead atoms. The average Bonchev–Trinajstić information content (AvgIpc) is 2.95. The molecule has 0 aliphatic heterocycles. The Labute approximate surface area is 255 Å². The minimum absolute atomic E-state index is 0. The largest absolute Gasteiger partial charge is 0.0955 e. The second kappa shape index (κ2) is 19.3. The number of rotatable bonds is 9. The minimum Gasteiger partial charge on any atom is -0.0955 e. The van der Waals surface area contributed by atoms with Gasteiger partial charge in [-0.05, 0) is 103 Å². The van der Waals surface area contributed by atoms with E-state index in [-0.39, 0.29) is 7.43 Å². The molecule has 0 radical (unpaired) electrons. The predicted octanol–water partition coefficient (Wildman–Crippen LogP) is 13.2. The highest BCUT2D eigenvalue weighted by molar-refractivity contribution is 5.73. The maximum atomic E-state index is 4.31. The van der Waals surface area contributed by atoms with E-state index in [2.05, 4.69) is 134 Å². The second-order valence-electron chi connectivity index (χ2n) is 11.9. The Morgan fingerprint density at radius 1 is 0.854 bits per heavy atom. The standard InChI is InChI=1S/C17H22.C13H20.C10H14.CH4/c1-5-6-14-7-8-16-11-15(12(2)3)9-10-17(16)13(14)4;1-3-8-12(9-4-2)13-10-6-5-7-11-13;1-8(2)10-7-5-4-6-9(10)3;/h9-11,14H,2,4-8H2,1,3H3;5-7,10-12H,3-4,8-9H2,1-2H3;4-8H,1-3H3;1H4. The van der Waals surface area contributed by atoms with Gasteiger partial charge in [0.1, 0.15) is 0 Å². The van der Waals surface area contributed by atoms with E-state index in [0.29, 0.717) is 11.8 Å². The van der Waals surface area contributed by atoms with Crippen molar-refractivity contribution in [3.8, 4) is 0 Å². The summed E-state index contributed by atoms with van der Waals surface area (Å²) in [5.74, 6) is 2.14. The molecule has 0 saturated carbocycles. The second-order valence-corrected chi connectivity index (χ2v) is 11.9. The summed E-state index contributed by atoms with van der Waals surface area (Å²) in [7, 11) is 0. The molecule has 224 valence electrons. The highest BCUT2D eigenvalue weighted by atomic mass is 14.3. The van der Waals surface area contributed by atoms with Gasteiger partial charge in [-0.2, -0.15) is 0 Å². The lowest BCUT2D eigenvalue weighted by atomic mass is 9.77. The van der Waals surface area contributed by atoms with E-state index in [1.165, 1.54) is 90.3 Å². The van der Waals surface area contributed by atoms with Gasteiger partial charge in [-0.3, -0.25) is 0 Å². The fourth-order valence-corrected chi connectivity index (χ4v) is 5.90. The fourth-order valence-electron chi connectivity index (χ4n) is 5.90. The highest BCUT2D eigenvalue weighted by Crippen LogP contribution is 2.37. The van der Waals surface area contributed by atoms with Crippen LogP contribution in [-0.2, 0) is 6.42 Å². The van der Waals surface area contributed by atoms with Crippen LogP contribution in [0.15, 0.2) is 86.0 Å². The monoisotopic (exact) mass is 552 g/mol. The van der Waals surface area contributed by atoms with E-state index in [9.17, 15) is 0 Å². The first-order chi connectivity index (χ1) is 19.2. The number of fused-ring (bicyclic) bond motifs is 1. The summed E-state index contributed by atoms with van der Waals surface area (Å²) in [5.41, 5.74) is 11.0. The first-order valence-corrected chi connectivity index (χ1v) is 15.8. The molecule has 41 heavy (non-hydrogen) atoms. The zero-order valence-electron chi connectivity index (χ0n) is 26.7. The first-order valence-electron chi connectivity index (χ1n) is 15.8. The van der Waals surface area contributed by atoms with Crippen molar-refractivity contribution in [2.45, 2.75) is 119 Å². The molecule has 1 unspecified atom stereocenters. The van der Waals surface area contributed by atoms with Gasteiger partial charge >= 0.3 is 0 Å². The van der Waals surface area contributed by atoms with Gasteiger partial charge in [0.25, 0.3) is 0 Å². The van der Waals surface area contributed by atoms with Crippen LogP contribution in [0, 0.1) is 12.8 Å². The van der Waals surface area contributed by atoms with Gasteiger partial charge in [0.05, 0.1) is 0 Å². The van der Waals surface area contributed by atoms with Gasteiger partial charge in [0.2, 0.25) is 0 Å². The maximum Gasteiger partial charge on any atom is -0.0159 e. The number of hydrogen-bond donors (Lipinski definition) is 0. The summed E-state index contributed by atoms with van der Waals surface area (Å²) in [6.45, 7) is 23.8. The molecule has 0 fully saturated rings. The molecule has 0 spiro atoms. The summed E-state index contributed by atoms with van der Waals surface area (Å²) < 4.78 is 0. The molecule has 0 aromatic heterocycles. The van der Waals surface area contributed by atoms with Crippen LogP contribution < -0.4 is 0 Å². The molecule has 4 rings (SSSR count). The smallest absolute Gasteiger partial charge is 0.0159 e. The minimum atomic E-state index is 0. The van der Waals surface area contributed by atoms with Gasteiger partial charge < -0.3 is 0 Å². The maximum absolute atomic E-state index is 4.31. The molecular formula is C41H60. The van der Waals surface area contributed by atoms with Crippen LogP contribution in [0.3, 0.4) is 0 Å². The van der Waals surface area contributed by atoms with Gasteiger partial charge in [0.15, 0.2) is 0 Å². The SMILES string of the molecule is C.C=C(C)c1ccc2c(c1)CCC(CCC)C2=C.CCCC(CCC)c1ccccc1.Cc1ccccc1C(C)C. The van der Waals surface area contributed by atoms with Gasteiger partial charge in [-0.25, -0.2) is 0 Å². The van der Waals surface area contributed by atoms with Crippen LogP contribution in [0.2, 0.25) is 0 Å². The molecule has 1 atom stereocenters. The molecule has 1 aliphatic carbocycles. The molecule has 0 nitrogen and oxygen atoms in total. The van der Waals surface area contributed by atoms with Crippen molar-refractivity contribution < 1.29 is 0 Å². The first kappa shape index (κ1) is 36.2. The lowest BCUT2D eigenvalue weighted by Crippen LogP contribution is -2.12. The van der Waals surface area contributed by atoms with Gasteiger partial charge in [-0.15, -0.1) is 0 Å². The normalized spacial score (nSPS) is 13.8. The van der Waals surface area contributed by atoms with Crippen LogP contribution in [0.5, 0.6) is 0 Å². The van der Waals surface area contributed by atoms with E-state index in [1.807, 2.05) is 0 Å². The van der Waals surface area contributed by atoms with E-state index in [4.69, 9.17) is 0 Å². The molecular weight excluding hydrogens is 492 g/mol. The van der Waals surface area contributed by atoms with Crippen molar-refractivity contribution in [2.24, 2.45) is 5.92 Å². The predicted molar refractivity (Wildman–Crippen MR) is 188 cm³/mol. The lowest BCUT2D eigenvalue weighted by molar-refractivity contribution is 0.539. The Morgan fingerprint density at radius 2 is 1.46 bits per heavy atom. The number of allylic oxidation sites excluding steroid dienone is 2. The molecule has 0 N–H and O–H groups in total. The van der Waals surface area contributed by atoms with Crippen molar-refractivity contribution in [3.63, 3.8) is 0 Å². The van der Waals surface area contributed by atoms with E-state index in [0.717, 1.165) is 11.5 Å². The molecule has 0 saturated heterocycles. The van der Waals surface area contributed by atoms with E-state index >= 15 is 0 Å². The lowest BCUT2D eigenvalue weighted by Gasteiger charge is -2.27. The van der Waals surface area contributed by atoms with Crippen LogP contribution in [0.25, 0.3) is 11.1 Å². The summed E-state index contributed by atoms with van der Waals surface area (Å²) in [6.07, 6.45) is 10.2. The van der Waals surface area contributed by atoms with Crippen molar-refractivity contribution in [1.82, 2.24) is 0 Å². The van der Waals surface area contributed by atoms with Crippen LogP contribution in [0.4, 0.5) is 0 Å². The molecule has 0 heteroatoms. The summed E-state index contributed by atoms with van der Waals surface area (Å²) in [6, 6.07) is 26.2. The molecule has 3 aromatic rings. The Kier molecular flexibility index (Phi) is 17.0. The Hall–Kier alpha value is -2.86. The van der Waals surface area contributed by atoms with E-state index < -0.39 is 0 Å². The Balaban J connectivity index is 0.000000315. The van der Waals surface area contributed by atoms with Crippen LogP contribution >= 0.6 is 0 Å². The number of benzene rings is 3. The highest BCUT2D eigenvalue weighted by Gasteiger charge is 2.21. The van der Waals surface area contributed by atoms with Crippen molar-refractivity contribution in [3.05, 3.63) is 119 Å². The van der Waals surface area contributed by atoms with Crippen molar-refractivity contribution in [2.75, 3.05) is 0 Å². The van der Waals surface area contributed by atoms with Gasteiger partial charge in [-0.1, -0.05) is 153 Å². The third-order valence-corrected chi connectivity index (χ3v) is 8.19. The summed E-state index contributed by atoms with van der Waals surface area (Å²) in [4.78, 5) is 0. The molecule has 0 amide bonds. The van der Waals surface area contributed by atoms with Crippen LogP contribution in [0.1, 0.15) is 139 Å². The van der Waals surface area contributed by atoms with Crippen LogP contribution in [-0.4, -0.2) is 0 Å². The Morgan fingerprint density at radius 3 is 1.98 bits per heavy atom. The molecule has 1 aliphatic rings. The van der Waals surface area contributed by atoms with Crippen molar-refractivity contribution >= 4 is 11.1 Å². The Bertz CT molecular complexity index is 1160. The average molecular weight is 553 g/mol. The molecule has 0 heterocycles. The van der Waals surface area contributed by atoms with Crippen molar-refractivity contribution in [1.29, 1.82) is 0 Å². The topological polar surface area (TPSA) is 0 Å². The van der Waals surface area contributed by atoms with Gasteiger partial charge in [0, 0.05) is 0 Å². The third kappa shape index (κ3) is 11.5. The number of hydrogen-bond acceptors (Lipinski definition) is 0. The van der Waals surface area contributed by atoms with E-state index in [1.54, 1.807) is 0 Å². The fraction of sp³-hybridized carbons (Fsp3) is 0.463. The summed E-state index contributed by atoms with van der Waals surface area (Å²) in [5, 5.41) is 0. The number of aryl methyl sites for hydroxylation is 2. The summed E-state index contributed by atoms with van der Waals surface area (Å²) >= 11 is 0. The zero-order valence-corrected chi connectivity index (χ0v) is 26.7. The zero-order chi connectivity index (χ0) is 29.5. The molecule has 3 aromatic carbocycles. The quantitative estimate of drug-likeness (QED) is 0.248.